The van der Waals surface area contributed by atoms with Crippen LogP contribution < -0.4 is 0 Å². The van der Waals surface area contributed by atoms with E-state index in [4.69, 9.17) is 0 Å². The van der Waals surface area contributed by atoms with Crippen LogP contribution >= 0.6 is 0 Å². The second-order valence-corrected chi connectivity index (χ2v) is 9.17. The number of likely N-dealkylation sites (tertiary alicyclic amines) is 1. The summed E-state index contributed by atoms with van der Waals surface area (Å²) >= 11 is 0. The van der Waals surface area contributed by atoms with Crippen LogP contribution in [0.2, 0.25) is 0 Å². The third-order valence-electron chi connectivity index (χ3n) is 5.45. The molecule has 0 saturated carbocycles. The maximum absolute atomic E-state index is 11.8. The SMILES string of the molecule is CS(=O)(=O)N1CC[C@]2(O)CCN(CCCc3cccnc3)C[C@@H]2C1. The monoisotopic (exact) mass is 353 g/mol. The topological polar surface area (TPSA) is 73.7 Å². The van der Waals surface area contributed by atoms with Crippen LogP contribution in [0.3, 0.4) is 0 Å². The molecule has 3 rings (SSSR count). The zero-order chi connectivity index (χ0) is 17.2. The number of hydrogen-bond acceptors (Lipinski definition) is 5. The lowest BCUT2D eigenvalue weighted by molar-refractivity contribution is -0.101. The number of aryl methyl sites for hydroxylation is 1. The number of sulfonamides is 1. The van der Waals surface area contributed by atoms with Gasteiger partial charge in [0.25, 0.3) is 0 Å². The van der Waals surface area contributed by atoms with Gasteiger partial charge in [-0.2, -0.15) is 0 Å². The lowest BCUT2D eigenvalue weighted by Crippen LogP contribution is -2.60. The average molecular weight is 353 g/mol. The Bertz CT molecular complexity index is 652. The van der Waals surface area contributed by atoms with Crippen molar-refractivity contribution in [3.63, 3.8) is 0 Å². The van der Waals surface area contributed by atoms with Crippen LogP contribution in [-0.4, -0.2) is 72.3 Å². The molecule has 0 spiro atoms. The summed E-state index contributed by atoms with van der Waals surface area (Å²) in [5, 5.41) is 10.8. The Morgan fingerprint density at radius 1 is 1.33 bits per heavy atom. The highest BCUT2D eigenvalue weighted by Gasteiger charge is 2.46. The number of rotatable bonds is 5. The Kier molecular flexibility index (Phi) is 5.24. The van der Waals surface area contributed by atoms with Gasteiger partial charge in [-0.05, 0) is 43.9 Å². The van der Waals surface area contributed by atoms with Crippen LogP contribution in [0.25, 0.3) is 0 Å². The lowest BCUT2D eigenvalue weighted by Gasteiger charge is -2.49. The van der Waals surface area contributed by atoms with Crippen molar-refractivity contribution >= 4 is 10.0 Å². The molecule has 0 aromatic carbocycles. The third-order valence-corrected chi connectivity index (χ3v) is 6.72. The van der Waals surface area contributed by atoms with E-state index in [1.807, 2.05) is 12.3 Å². The summed E-state index contributed by atoms with van der Waals surface area (Å²) in [4.78, 5) is 6.50. The minimum absolute atomic E-state index is 0.00752. The van der Waals surface area contributed by atoms with Gasteiger partial charge in [-0.15, -0.1) is 0 Å². The van der Waals surface area contributed by atoms with E-state index in [1.165, 1.54) is 16.1 Å². The van der Waals surface area contributed by atoms with Gasteiger partial charge in [0, 0.05) is 44.5 Å². The summed E-state index contributed by atoms with van der Waals surface area (Å²) in [6.07, 6.45) is 8.27. The van der Waals surface area contributed by atoms with Gasteiger partial charge >= 0.3 is 0 Å². The van der Waals surface area contributed by atoms with Gasteiger partial charge in [-0.1, -0.05) is 6.07 Å². The van der Waals surface area contributed by atoms with Gasteiger partial charge in [0.2, 0.25) is 10.0 Å². The molecule has 24 heavy (non-hydrogen) atoms. The molecule has 6 nitrogen and oxygen atoms in total. The number of aromatic nitrogens is 1. The van der Waals surface area contributed by atoms with Crippen LogP contribution in [-0.2, 0) is 16.4 Å². The normalized spacial score (nSPS) is 29.3. The molecule has 0 radical (unpaired) electrons. The second kappa shape index (κ2) is 7.07. The molecule has 1 N–H and O–H groups in total. The molecule has 0 amide bonds. The van der Waals surface area contributed by atoms with E-state index in [0.717, 1.165) is 38.9 Å². The summed E-state index contributed by atoms with van der Waals surface area (Å²) in [6.45, 7) is 3.51. The van der Waals surface area contributed by atoms with Gasteiger partial charge in [-0.3, -0.25) is 4.98 Å². The lowest BCUT2D eigenvalue weighted by atomic mass is 9.76. The minimum atomic E-state index is -3.18. The fourth-order valence-electron chi connectivity index (χ4n) is 3.90. The first-order chi connectivity index (χ1) is 11.4. The summed E-state index contributed by atoms with van der Waals surface area (Å²) in [5.74, 6) is 0.00752. The van der Waals surface area contributed by atoms with E-state index in [1.54, 1.807) is 6.20 Å². The Labute approximate surface area is 144 Å². The number of pyridine rings is 1. The predicted octanol–water partition coefficient (Wildman–Crippen LogP) is 0.732. The predicted molar refractivity (Wildman–Crippen MR) is 93.1 cm³/mol. The smallest absolute Gasteiger partial charge is 0.211 e. The van der Waals surface area contributed by atoms with Crippen molar-refractivity contribution in [1.29, 1.82) is 0 Å². The van der Waals surface area contributed by atoms with E-state index in [9.17, 15) is 13.5 Å². The number of piperidine rings is 2. The minimum Gasteiger partial charge on any atom is -0.389 e. The first-order valence-electron chi connectivity index (χ1n) is 8.66. The first kappa shape index (κ1) is 17.8. The molecular weight excluding hydrogens is 326 g/mol. The molecule has 0 bridgehead atoms. The maximum Gasteiger partial charge on any atom is 0.211 e. The highest BCUT2D eigenvalue weighted by atomic mass is 32.2. The van der Waals surface area contributed by atoms with Crippen molar-refractivity contribution in [3.8, 4) is 0 Å². The summed E-state index contributed by atoms with van der Waals surface area (Å²) < 4.78 is 25.1. The molecule has 2 aliphatic heterocycles. The van der Waals surface area contributed by atoms with Crippen LogP contribution in [0.15, 0.2) is 24.5 Å². The molecule has 0 unspecified atom stereocenters. The molecule has 3 heterocycles. The Morgan fingerprint density at radius 2 is 2.12 bits per heavy atom. The molecule has 2 atom stereocenters. The summed E-state index contributed by atoms with van der Waals surface area (Å²) in [5.41, 5.74) is 0.549. The highest BCUT2D eigenvalue weighted by Crippen LogP contribution is 2.36. The fourth-order valence-corrected chi connectivity index (χ4v) is 4.77. The molecule has 2 saturated heterocycles. The van der Waals surface area contributed by atoms with E-state index in [0.29, 0.717) is 19.5 Å². The second-order valence-electron chi connectivity index (χ2n) is 7.19. The van der Waals surface area contributed by atoms with Gasteiger partial charge in [0.05, 0.1) is 11.9 Å². The molecule has 0 aliphatic carbocycles. The molecule has 1 aromatic rings. The molecule has 2 aliphatic rings. The van der Waals surface area contributed by atoms with Crippen molar-refractivity contribution in [2.24, 2.45) is 5.92 Å². The maximum atomic E-state index is 11.8. The molecular formula is C17H27N3O3S. The van der Waals surface area contributed by atoms with Gasteiger partial charge in [-0.25, -0.2) is 12.7 Å². The van der Waals surface area contributed by atoms with Crippen molar-refractivity contribution < 1.29 is 13.5 Å². The van der Waals surface area contributed by atoms with Gasteiger partial charge in [0.1, 0.15) is 0 Å². The first-order valence-corrected chi connectivity index (χ1v) is 10.5. The van der Waals surface area contributed by atoms with Gasteiger partial charge < -0.3 is 10.0 Å². The van der Waals surface area contributed by atoms with E-state index >= 15 is 0 Å². The van der Waals surface area contributed by atoms with E-state index in [2.05, 4.69) is 16.0 Å². The molecule has 134 valence electrons. The molecule has 7 heteroatoms. The summed E-state index contributed by atoms with van der Waals surface area (Å²) in [7, 11) is -3.18. The highest BCUT2D eigenvalue weighted by molar-refractivity contribution is 7.88. The summed E-state index contributed by atoms with van der Waals surface area (Å²) in [6, 6.07) is 4.05. The zero-order valence-electron chi connectivity index (χ0n) is 14.3. The Hall–Kier alpha value is -1.02. The van der Waals surface area contributed by atoms with Crippen molar-refractivity contribution in [2.45, 2.75) is 31.3 Å². The Balaban J connectivity index is 1.53. The fraction of sp³-hybridized carbons (Fsp3) is 0.706. The number of aliphatic hydroxyl groups is 1. The quantitative estimate of drug-likeness (QED) is 0.845. The van der Waals surface area contributed by atoms with Crippen molar-refractivity contribution in [3.05, 3.63) is 30.1 Å². The Morgan fingerprint density at radius 3 is 2.83 bits per heavy atom. The average Bonchev–Trinajstić information content (AvgIpc) is 2.54. The van der Waals surface area contributed by atoms with E-state index in [-0.39, 0.29) is 5.92 Å². The van der Waals surface area contributed by atoms with Crippen LogP contribution in [0.1, 0.15) is 24.8 Å². The van der Waals surface area contributed by atoms with Crippen molar-refractivity contribution in [2.75, 3.05) is 39.0 Å². The van der Waals surface area contributed by atoms with Crippen LogP contribution in [0.4, 0.5) is 0 Å². The van der Waals surface area contributed by atoms with Crippen LogP contribution in [0.5, 0.6) is 0 Å². The van der Waals surface area contributed by atoms with Crippen LogP contribution in [0, 0.1) is 5.92 Å². The largest absolute Gasteiger partial charge is 0.389 e. The third kappa shape index (κ3) is 4.14. The number of fused-ring (bicyclic) bond motifs is 1. The number of hydrogen-bond donors (Lipinski definition) is 1. The van der Waals surface area contributed by atoms with E-state index < -0.39 is 15.6 Å². The van der Waals surface area contributed by atoms with Crippen molar-refractivity contribution in [1.82, 2.24) is 14.2 Å². The standard InChI is InChI=1S/C17H27N3O3S/c1-24(22,23)20-11-7-17(21)6-10-19(13-16(17)14-20)9-3-5-15-4-2-8-18-12-15/h2,4,8,12,16,21H,3,5-7,9-11,13-14H2,1H3/t16-,17-/m1/s1. The number of nitrogens with zero attached hydrogens (tertiary/aromatic N) is 3. The van der Waals surface area contributed by atoms with Gasteiger partial charge in [0.15, 0.2) is 0 Å². The molecule has 1 aromatic heterocycles. The molecule has 2 fully saturated rings. The zero-order valence-corrected chi connectivity index (χ0v) is 15.1.